The average Bonchev–Trinajstić information content (AvgIpc) is 2.49. The highest BCUT2D eigenvalue weighted by Gasteiger charge is 2.11. The summed E-state index contributed by atoms with van der Waals surface area (Å²) in [6, 6.07) is 16.6. The van der Waals surface area contributed by atoms with Crippen LogP contribution in [0.1, 0.15) is 10.5 Å². The van der Waals surface area contributed by atoms with Crippen molar-refractivity contribution in [3.63, 3.8) is 0 Å². The van der Waals surface area contributed by atoms with Gasteiger partial charge in [-0.3, -0.25) is 0 Å². The van der Waals surface area contributed by atoms with Gasteiger partial charge in [0, 0.05) is 15.3 Å². The molecule has 0 saturated heterocycles. The Hall–Kier alpha value is -2.04. The fraction of sp³-hybridized carbons (Fsp3) is 0. The number of carboxylic acid groups (broad SMARTS) is 1. The van der Waals surface area contributed by atoms with Gasteiger partial charge in [0.05, 0.1) is 0 Å². The van der Waals surface area contributed by atoms with Crippen molar-refractivity contribution in [3.05, 3.63) is 65.3 Å². The predicted molar refractivity (Wildman–Crippen MR) is 84.3 cm³/mol. The molecule has 3 aromatic rings. The standard InChI is InChI=1S/C16H10ClNO2S/c17-11-5-7-12(8-6-11)21-15-13-4-2-1-3-10(13)9-14(18-15)16(19)20/h1-9H,(H,19,20). The highest BCUT2D eigenvalue weighted by Crippen LogP contribution is 2.33. The molecule has 3 rings (SSSR count). The normalized spacial score (nSPS) is 10.7. The summed E-state index contributed by atoms with van der Waals surface area (Å²) in [5.41, 5.74) is 0.0464. The van der Waals surface area contributed by atoms with Gasteiger partial charge in [-0.15, -0.1) is 0 Å². The van der Waals surface area contributed by atoms with E-state index >= 15 is 0 Å². The molecule has 2 aromatic carbocycles. The molecular formula is C16H10ClNO2S. The summed E-state index contributed by atoms with van der Waals surface area (Å²) < 4.78 is 0. The van der Waals surface area contributed by atoms with E-state index in [-0.39, 0.29) is 5.69 Å². The summed E-state index contributed by atoms with van der Waals surface area (Å²) in [7, 11) is 0. The van der Waals surface area contributed by atoms with Crippen molar-refractivity contribution in [2.45, 2.75) is 9.92 Å². The van der Waals surface area contributed by atoms with Crippen LogP contribution in [0.2, 0.25) is 5.02 Å². The molecule has 21 heavy (non-hydrogen) atoms. The lowest BCUT2D eigenvalue weighted by Crippen LogP contribution is -2.01. The first-order valence-electron chi connectivity index (χ1n) is 6.20. The van der Waals surface area contributed by atoms with E-state index in [4.69, 9.17) is 11.6 Å². The summed E-state index contributed by atoms with van der Waals surface area (Å²) in [4.78, 5) is 16.4. The lowest BCUT2D eigenvalue weighted by Gasteiger charge is -2.07. The number of rotatable bonds is 3. The van der Waals surface area contributed by atoms with Gasteiger partial charge in [0.1, 0.15) is 10.7 Å². The van der Waals surface area contributed by atoms with Crippen LogP contribution in [-0.2, 0) is 0 Å². The van der Waals surface area contributed by atoms with Gasteiger partial charge in [-0.2, -0.15) is 0 Å². The molecular weight excluding hydrogens is 306 g/mol. The third-order valence-corrected chi connectivity index (χ3v) is 4.22. The fourth-order valence-electron chi connectivity index (χ4n) is 1.97. The van der Waals surface area contributed by atoms with Crippen molar-refractivity contribution in [2.24, 2.45) is 0 Å². The quantitative estimate of drug-likeness (QED) is 0.758. The number of nitrogens with zero attached hydrogens (tertiary/aromatic N) is 1. The third-order valence-electron chi connectivity index (χ3n) is 2.95. The maximum absolute atomic E-state index is 11.2. The Morgan fingerprint density at radius 1 is 1.10 bits per heavy atom. The Bertz CT molecular complexity index is 818. The van der Waals surface area contributed by atoms with Crippen LogP contribution in [0.25, 0.3) is 10.8 Å². The fourth-order valence-corrected chi connectivity index (χ4v) is 3.03. The van der Waals surface area contributed by atoms with Crippen molar-refractivity contribution in [3.8, 4) is 0 Å². The Labute approximate surface area is 130 Å². The second kappa shape index (κ2) is 5.76. The van der Waals surface area contributed by atoms with Crippen LogP contribution in [0.15, 0.2) is 64.5 Å². The molecule has 1 aromatic heterocycles. The summed E-state index contributed by atoms with van der Waals surface area (Å²) >= 11 is 7.30. The topological polar surface area (TPSA) is 50.2 Å². The number of aromatic carboxylic acids is 1. The Morgan fingerprint density at radius 3 is 2.52 bits per heavy atom. The van der Waals surface area contributed by atoms with Gasteiger partial charge in [-0.1, -0.05) is 47.6 Å². The van der Waals surface area contributed by atoms with Gasteiger partial charge in [-0.25, -0.2) is 9.78 Å². The van der Waals surface area contributed by atoms with E-state index in [1.165, 1.54) is 11.8 Å². The Morgan fingerprint density at radius 2 is 1.81 bits per heavy atom. The van der Waals surface area contributed by atoms with Gasteiger partial charge in [-0.05, 0) is 35.7 Å². The van der Waals surface area contributed by atoms with Gasteiger partial charge < -0.3 is 5.11 Å². The highest BCUT2D eigenvalue weighted by molar-refractivity contribution is 7.99. The van der Waals surface area contributed by atoms with E-state index in [0.29, 0.717) is 10.0 Å². The Balaban J connectivity index is 2.11. The number of fused-ring (bicyclic) bond motifs is 1. The van der Waals surface area contributed by atoms with Crippen LogP contribution in [0.5, 0.6) is 0 Å². The van der Waals surface area contributed by atoms with E-state index in [2.05, 4.69) is 4.98 Å². The molecule has 0 aliphatic rings. The van der Waals surface area contributed by atoms with E-state index in [1.807, 2.05) is 36.4 Å². The van der Waals surface area contributed by atoms with Crippen molar-refractivity contribution < 1.29 is 9.90 Å². The van der Waals surface area contributed by atoms with Gasteiger partial charge in [0.25, 0.3) is 0 Å². The lowest BCUT2D eigenvalue weighted by molar-refractivity contribution is 0.0690. The number of halogens is 1. The zero-order valence-corrected chi connectivity index (χ0v) is 12.4. The summed E-state index contributed by atoms with van der Waals surface area (Å²) in [6.07, 6.45) is 0. The molecule has 0 fully saturated rings. The van der Waals surface area contributed by atoms with E-state index in [9.17, 15) is 9.90 Å². The number of hydrogen-bond donors (Lipinski definition) is 1. The zero-order chi connectivity index (χ0) is 14.8. The van der Waals surface area contributed by atoms with Gasteiger partial charge in [0.15, 0.2) is 0 Å². The minimum absolute atomic E-state index is 0.0464. The van der Waals surface area contributed by atoms with E-state index in [0.717, 1.165) is 15.7 Å². The monoisotopic (exact) mass is 315 g/mol. The van der Waals surface area contributed by atoms with Crippen LogP contribution in [0.4, 0.5) is 0 Å². The smallest absolute Gasteiger partial charge is 0.354 e. The SMILES string of the molecule is O=C(O)c1cc2ccccc2c(Sc2ccc(Cl)cc2)n1. The summed E-state index contributed by atoms with van der Waals surface area (Å²) in [5.74, 6) is -1.03. The van der Waals surface area contributed by atoms with Gasteiger partial charge in [0.2, 0.25) is 0 Å². The van der Waals surface area contributed by atoms with Crippen LogP contribution < -0.4 is 0 Å². The van der Waals surface area contributed by atoms with Crippen LogP contribution >= 0.6 is 23.4 Å². The second-order valence-electron chi connectivity index (χ2n) is 4.39. The number of pyridine rings is 1. The molecule has 0 amide bonds. The molecule has 0 aliphatic carbocycles. The molecule has 3 nitrogen and oxygen atoms in total. The number of hydrogen-bond acceptors (Lipinski definition) is 3. The van der Waals surface area contributed by atoms with E-state index in [1.54, 1.807) is 18.2 Å². The summed E-state index contributed by atoms with van der Waals surface area (Å²) in [5, 5.41) is 12.3. The molecule has 0 atom stereocenters. The number of carbonyl (C=O) groups is 1. The zero-order valence-electron chi connectivity index (χ0n) is 10.8. The number of aromatic nitrogens is 1. The van der Waals surface area contributed by atoms with Crippen molar-refractivity contribution in [1.82, 2.24) is 4.98 Å². The average molecular weight is 316 g/mol. The minimum atomic E-state index is -1.03. The third kappa shape index (κ3) is 3.01. The largest absolute Gasteiger partial charge is 0.477 e. The first kappa shape index (κ1) is 13.9. The lowest BCUT2D eigenvalue weighted by atomic mass is 10.1. The van der Waals surface area contributed by atoms with Crippen LogP contribution in [0.3, 0.4) is 0 Å². The minimum Gasteiger partial charge on any atom is -0.477 e. The first-order valence-corrected chi connectivity index (χ1v) is 7.39. The molecule has 0 bridgehead atoms. The molecule has 1 heterocycles. The highest BCUT2D eigenvalue weighted by atomic mass is 35.5. The predicted octanol–water partition coefficient (Wildman–Crippen LogP) is 4.74. The summed E-state index contributed by atoms with van der Waals surface area (Å²) in [6.45, 7) is 0. The maximum Gasteiger partial charge on any atom is 0.354 e. The number of carboxylic acids is 1. The van der Waals surface area contributed by atoms with Crippen molar-refractivity contribution >= 4 is 40.1 Å². The van der Waals surface area contributed by atoms with Crippen LogP contribution in [-0.4, -0.2) is 16.1 Å². The molecule has 0 unspecified atom stereocenters. The number of benzene rings is 2. The molecule has 104 valence electrons. The molecule has 0 radical (unpaired) electrons. The van der Waals surface area contributed by atoms with Crippen molar-refractivity contribution in [1.29, 1.82) is 0 Å². The first-order chi connectivity index (χ1) is 10.1. The molecule has 0 saturated carbocycles. The molecule has 0 aliphatic heterocycles. The second-order valence-corrected chi connectivity index (χ2v) is 5.89. The Kier molecular flexibility index (Phi) is 3.82. The molecule has 5 heteroatoms. The van der Waals surface area contributed by atoms with Gasteiger partial charge >= 0.3 is 5.97 Å². The maximum atomic E-state index is 11.2. The van der Waals surface area contributed by atoms with Crippen LogP contribution in [0, 0.1) is 0 Å². The van der Waals surface area contributed by atoms with Crippen molar-refractivity contribution in [2.75, 3.05) is 0 Å². The van der Waals surface area contributed by atoms with E-state index < -0.39 is 5.97 Å². The molecule has 0 spiro atoms. The molecule has 1 N–H and O–H groups in total.